The minimum atomic E-state index is -0.598. The van der Waals surface area contributed by atoms with Crippen LogP contribution in [-0.4, -0.2) is 38.6 Å². The molecule has 1 saturated carbocycles. The third-order valence-electron chi connectivity index (χ3n) is 4.40. The average molecular weight is 448 g/mol. The molecule has 0 radical (unpaired) electrons. The van der Waals surface area contributed by atoms with E-state index < -0.39 is 6.29 Å². The Morgan fingerprint density at radius 1 is 1.14 bits per heavy atom. The van der Waals surface area contributed by atoms with Gasteiger partial charge in [0.2, 0.25) is 12.2 Å². The molecule has 1 aliphatic rings. The number of benzene rings is 1. The second-order valence-electron chi connectivity index (χ2n) is 6.32. The first kappa shape index (κ1) is 20.4. The minimum absolute atomic E-state index is 0.389. The molecule has 148 valence electrons. The number of allylic oxidation sites excluding steroid dienone is 1. The van der Waals surface area contributed by atoms with E-state index in [9.17, 15) is 4.79 Å². The molecule has 7 heteroatoms. The van der Waals surface area contributed by atoms with Gasteiger partial charge in [-0.25, -0.2) is 9.78 Å². The van der Waals surface area contributed by atoms with Crippen molar-refractivity contribution >= 4 is 27.5 Å². The first-order chi connectivity index (χ1) is 13.5. The van der Waals surface area contributed by atoms with Crippen molar-refractivity contribution in [3.63, 3.8) is 0 Å². The molecule has 1 heterocycles. The summed E-state index contributed by atoms with van der Waals surface area (Å²) < 4.78 is 22.3. The Kier molecular flexibility index (Phi) is 6.70. The number of carbonyl (C=O) groups is 1. The molecular weight excluding hydrogens is 426 g/mol. The summed E-state index contributed by atoms with van der Waals surface area (Å²) in [6.45, 7) is 0. The van der Waals surface area contributed by atoms with Crippen molar-refractivity contribution < 1.29 is 23.7 Å². The highest BCUT2D eigenvalue weighted by Gasteiger charge is 2.30. The molecule has 2 aromatic rings. The van der Waals surface area contributed by atoms with E-state index >= 15 is 0 Å². The van der Waals surface area contributed by atoms with Crippen molar-refractivity contribution in [3.05, 3.63) is 58.2 Å². The minimum Gasteiger partial charge on any atom is -0.481 e. The number of ether oxygens (including phenoxy) is 4. The molecule has 0 amide bonds. The summed E-state index contributed by atoms with van der Waals surface area (Å²) in [6.07, 6.45) is 3.54. The molecule has 6 nitrogen and oxygen atoms in total. The van der Waals surface area contributed by atoms with E-state index in [4.69, 9.17) is 18.9 Å². The maximum absolute atomic E-state index is 11.6. The van der Waals surface area contributed by atoms with Crippen LogP contribution >= 0.6 is 15.9 Å². The Morgan fingerprint density at radius 3 is 2.43 bits per heavy atom. The highest BCUT2D eigenvalue weighted by Crippen LogP contribution is 2.44. The van der Waals surface area contributed by atoms with E-state index in [0.29, 0.717) is 23.1 Å². The molecule has 3 rings (SSSR count). The summed E-state index contributed by atoms with van der Waals surface area (Å²) >= 11 is 3.58. The van der Waals surface area contributed by atoms with Crippen LogP contribution in [0.4, 0.5) is 0 Å². The molecule has 28 heavy (non-hydrogen) atoms. The van der Waals surface area contributed by atoms with Gasteiger partial charge in [0.05, 0.1) is 25.5 Å². The summed E-state index contributed by atoms with van der Waals surface area (Å²) in [5, 5.41) is 0. The molecule has 0 bridgehead atoms. The monoisotopic (exact) mass is 447 g/mol. The molecule has 0 saturated heterocycles. The Bertz CT molecular complexity index is 862. The number of carbonyl (C=O) groups excluding carboxylic acids is 1. The zero-order valence-corrected chi connectivity index (χ0v) is 17.6. The van der Waals surface area contributed by atoms with Gasteiger partial charge >= 0.3 is 5.97 Å². The van der Waals surface area contributed by atoms with E-state index in [1.807, 2.05) is 18.2 Å². The third-order valence-corrected chi connectivity index (χ3v) is 5.04. The fraction of sp³-hybridized carbons (Fsp3) is 0.333. The molecule has 0 aliphatic heterocycles. The van der Waals surface area contributed by atoms with Crippen LogP contribution in [0.25, 0.3) is 5.57 Å². The molecule has 1 aromatic carbocycles. The normalized spacial score (nSPS) is 15.1. The smallest absolute Gasteiger partial charge is 0.337 e. The highest BCUT2D eigenvalue weighted by atomic mass is 79.9. The van der Waals surface area contributed by atoms with Crippen LogP contribution in [0.1, 0.15) is 28.9 Å². The zero-order chi connectivity index (χ0) is 20.1. The number of methoxy groups -OCH3 is 3. The topological polar surface area (TPSA) is 66.9 Å². The van der Waals surface area contributed by atoms with Crippen LogP contribution in [0.5, 0.6) is 11.6 Å². The largest absolute Gasteiger partial charge is 0.481 e. The number of hydrogen-bond donors (Lipinski definition) is 0. The van der Waals surface area contributed by atoms with E-state index in [2.05, 4.69) is 20.9 Å². The van der Waals surface area contributed by atoms with Crippen LogP contribution in [0.3, 0.4) is 0 Å². The van der Waals surface area contributed by atoms with Crippen molar-refractivity contribution in [1.29, 1.82) is 0 Å². The van der Waals surface area contributed by atoms with Gasteiger partial charge in [0, 0.05) is 17.6 Å². The number of pyridine rings is 1. The van der Waals surface area contributed by atoms with Crippen LogP contribution in [0, 0.1) is 5.92 Å². The predicted octanol–water partition coefficient (Wildman–Crippen LogP) is 4.48. The number of aromatic nitrogens is 1. The van der Waals surface area contributed by atoms with Gasteiger partial charge in [0.15, 0.2) is 0 Å². The number of esters is 1. The Hall–Kier alpha value is -2.38. The number of hydrogen-bond acceptors (Lipinski definition) is 6. The lowest BCUT2D eigenvalue weighted by molar-refractivity contribution is -0.0155. The van der Waals surface area contributed by atoms with Crippen LogP contribution in [0.15, 0.2) is 46.9 Å². The van der Waals surface area contributed by atoms with Gasteiger partial charge in [-0.2, -0.15) is 0 Å². The van der Waals surface area contributed by atoms with Gasteiger partial charge in [-0.1, -0.05) is 0 Å². The third kappa shape index (κ3) is 4.91. The molecule has 1 fully saturated rings. The van der Waals surface area contributed by atoms with Crippen LogP contribution in [0.2, 0.25) is 0 Å². The lowest BCUT2D eigenvalue weighted by Crippen LogP contribution is -2.17. The Morgan fingerprint density at radius 2 is 1.86 bits per heavy atom. The SMILES string of the molecule is COC(=O)c1ccc(OC(/C=C(/c2nc(OC)ccc2Br)C2CC2)OC)cc1. The van der Waals surface area contributed by atoms with Crippen molar-refractivity contribution in [2.24, 2.45) is 5.92 Å². The Labute approximate surface area is 172 Å². The first-order valence-electron chi connectivity index (χ1n) is 8.86. The molecule has 0 spiro atoms. The van der Waals surface area contributed by atoms with Crippen LogP contribution in [-0.2, 0) is 9.47 Å². The van der Waals surface area contributed by atoms with E-state index in [-0.39, 0.29) is 5.97 Å². The second-order valence-corrected chi connectivity index (χ2v) is 7.17. The molecule has 1 atom stereocenters. The van der Waals surface area contributed by atoms with Crippen molar-refractivity contribution in [1.82, 2.24) is 4.98 Å². The average Bonchev–Trinajstić information content (AvgIpc) is 3.57. The van der Waals surface area contributed by atoms with Gasteiger partial charge in [0.1, 0.15) is 5.75 Å². The summed E-state index contributed by atoms with van der Waals surface area (Å²) in [6, 6.07) is 10.5. The van der Waals surface area contributed by atoms with E-state index in [0.717, 1.165) is 28.6 Å². The van der Waals surface area contributed by atoms with E-state index in [1.165, 1.54) is 7.11 Å². The van der Waals surface area contributed by atoms with E-state index in [1.54, 1.807) is 38.5 Å². The Balaban J connectivity index is 1.84. The van der Waals surface area contributed by atoms with Gasteiger partial charge < -0.3 is 18.9 Å². The first-order valence-corrected chi connectivity index (χ1v) is 9.65. The van der Waals surface area contributed by atoms with Crippen molar-refractivity contribution in [2.45, 2.75) is 19.1 Å². The molecule has 1 aromatic heterocycles. The quantitative estimate of drug-likeness (QED) is 0.438. The summed E-state index contributed by atoms with van der Waals surface area (Å²) in [5.74, 6) is 1.17. The number of rotatable bonds is 8. The van der Waals surface area contributed by atoms with Gasteiger partial charge in [-0.3, -0.25) is 0 Å². The number of nitrogens with zero attached hydrogens (tertiary/aromatic N) is 1. The summed E-state index contributed by atoms with van der Waals surface area (Å²) in [5.41, 5.74) is 2.35. The maximum Gasteiger partial charge on any atom is 0.337 e. The highest BCUT2D eigenvalue weighted by molar-refractivity contribution is 9.10. The second kappa shape index (κ2) is 9.21. The maximum atomic E-state index is 11.6. The predicted molar refractivity (Wildman–Crippen MR) is 108 cm³/mol. The molecule has 1 aliphatic carbocycles. The number of halogens is 1. The molecular formula is C21H22BrNO5. The molecule has 0 N–H and O–H groups in total. The summed E-state index contributed by atoms with van der Waals surface area (Å²) in [4.78, 5) is 16.1. The summed E-state index contributed by atoms with van der Waals surface area (Å²) in [7, 11) is 4.53. The van der Waals surface area contributed by atoms with Gasteiger partial charge in [-0.15, -0.1) is 0 Å². The lowest BCUT2D eigenvalue weighted by Gasteiger charge is -2.17. The zero-order valence-electron chi connectivity index (χ0n) is 16.0. The lowest BCUT2D eigenvalue weighted by atomic mass is 10.1. The van der Waals surface area contributed by atoms with Crippen LogP contribution < -0.4 is 9.47 Å². The van der Waals surface area contributed by atoms with Gasteiger partial charge in [-0.05, 0) is 76.7 Å². The van der Waals surface area contributed by atoms with Crippen molar-refractivity contribution in [2.75, 3.05) is 21.3 Å². The van der Waals surface area contributed by atoms with Gasteiger partial charge in [0.25, 0.3) is 0 Å². The van der Waals surface area contributed by atoms with Crippen molar-refractivity contribution in [3.8, 4) is 11.6 Å². The fourth-order valence-electron chi connectivity index (χ4n) is 2.76. The fourth-order valence-corrected chi connectivity index (χ4v) is 3.21. The molecule has 1 unspecified atom stereocenters. The standard InChI is InChI=1S/C21H22BrNO5/c1-25-18-11-10-17(22)20(23-18)16(13-4-5-13)12-19(26-2)28-15-8-6-14(7-9-15)21(24)27-3/h6-13,19H,4-5H2,1-3H3/b16-12+.